The van der Waals surface area contributed by atoms with E-state index in [1.165, 1.54) is 4.70 Å². The minimum Gasteiger partial charge on any atom is -0.390 e. The Morgan fingerprint density at radius 1 is 1.35 bits per heavy atom. The van der Waals surface area contributed by atoms with E-state index in [1.54, 1.807) is 11.3 Å². The van der Waals surface area contributed by atoms with Gasteiger partial charge in [0.05, 0.1) is 20.8 Å². The highest BCUT2D eigenvalue weighted by Gasteiger charge is 2.24. The van der Waals surface area contributed by atoms with Crippen LogP contribution in [0.25, 0.3) is 10.2 Å². The molecule has 0 aliphatic heterocycles. The van der Waals surface area contributed by atoms with E-state index in [9.17, 15) is 5.11 Å². The van der Waals surface area contributed by atoms with Crippen LogP contribution in [0.4, 0.5) is 0 Å². The molecule has 0 spiro atoms. The van der Waals surface area contributed by atoms with Crippen LogP contribution in [0.15, 0.2) is 24.3 Å². The fraction of sp³-hybridized carbons (Fsp3) is 0.500. The summed E-state index contributed by atoms with van der Waals surface area (Å²) >= 11 is 1.68. The first kappa shape index (κ1) is 12.5. The summed E-state index contributed by atoms with van der Waals surface area (Å²) in [6.45, 7) is 6.17. The largest absolute Gasteiger partial charge is 0.390 e. The number of aliphatic hydroxyl groups is 1. The van der Waals surface area contributed by atoms with E-state index in [-0.39, 0.29) is 0 Å². The highest BCUT2D eigenvalue weighted by molar-refractivity contribution is 7.18. The quantitative estimate of drug-likeness (QED) is 0.897. The predicted octanol–water partition coefficient (Wildman–Crippen LogP) is 3.64. The second kappa shape index (κ2) is 4.75. The van der Waals surface area contributed by atoms with Crippen LogP contribution in [-0.2, 0) is 6.42 Å². The van der Waals surface area contributed by atoms with Gasteiger partial charge in [-0.1, -0.05) is 26.0 Å². The molecule has 3 heteroatoms. The Bertz CT molecular complexity index is 469. The Morgan fingerprint density at radius 2 is 2.06 bits per heavy atom. The summed E-state index contributed by atoms with van der Waals surface area (Å²) in [7, 11) is 0. The number of para-hydroxylation sites is 1. The molecule has 0 amide bonds. The van der Waals surface area contributed by atoms with Crippen LogP contribution in [0.2, 0.25) is 0 Å². The lowest BCUT2D eigenvalue weighted by Gasteiger charge is -2.24. The lowest BCUT2D eigenvalue weighted by atomic mass is 9.92. The zero-order valence-electron chi connectivity index (χ0n) is 10.6. The molecule has 0 fully saturated rings. The molecule has 2 aromatic rings. The molecule has 0 saturated heterocycles. The summed E-state index contributed by atoms with van der Waals surface area (Å²) in [6.07, 6.45) is 1.45. The van der Waals surface area contributed by atoms with Crippen LogP contribution in [0.3, 0.4) is 0 Å². The van der Waals surface area contributed by atoms with E-state index in [1.807, 2.05) is 25.1 Å². The van der Waals surface area contributed by atoms with E-state index in [0.717, 1.165) is 16.9 Å². The number of rotatable bonds is 4. The van der Waals surface area contributed by atoms with Crippen molar-refractivity contribution in [3.8, 4) is 0 Å². The number of hydrogen-bond donors (Lipinski definition) is 1. The second-order valence-electron chi connectivity index (χ2n) is 5.35. The zero-order chi connectivity index (χ0) is 12.5. The fourth-order valence-electron chi connectivity index (χ4n) is 2.27. The maximum Gasteiger partial charge on any atom is 0.0967 e. The van der Waals surface area contributed by atoms with Gasteiger partial charge in [-0.25, -0.2) is 4.98 Å². The Morgan fingerprint density at radius 3 is 2.71 bits per heavy atom. The van der Waals surface area contributed by atoms with Crippen molar-refractivity contribution < 1.29 is 5.11 Å². The Balaban J connectivity index is 2.18. The van der Waals surface area contributed by atoms with Gasteiger partial charge in [0.15, 0.2) is 0 Å². The van der Waals surface area contributed by atoms with Gasteiger partial charge in [0.2, 0.25) is 0 Å². The van der Waals surface area contributed by atoms with Crippen LogP contribution in [-0.4, -0.2) is 15.7 Å². The molecule has 1 aromatic carbocycles. The van der Waals surface area contributed by atoms with Crippen molar-refractivity contribution in [3.05, 3.63) is 29.3 Å². The summed E-state index contributed by atoms with van der Waals surface area (Å²) < 4.78 is 1.20. The molecule has 17 heavy (non-hydrogen) atoms. The van der Waals surface area contributed by atoms with Crippen LogP contribution >= 0.6 is 11.3 Å². The predicted molar refractivity (Wildman–Crippen MR) is 73.4 cm³/mol. The van der Waals surface area contributed by atoms with Gasteiger partial charge in [-0.2, -0.15) is 0 Å². The normalized spacial score (nSPS) is 15.4. The monoisotopic (exact) mass is 249 g/mol. The lowest BCUT2D eigenvalue weighted by Crippen LogP contribution is -2.28. The minimum absolute atomic E-state index is 0.499. The third-order valence-electron chi connectivity index (χ3n) is 2.72. The molecule has 0 aliphatic rings. The highest BCUT2D eigenvalue weighted by Crippen LogP contribution is 2.27. The van der Waals surface area contributed by atoms with Gasteiger partial charge < -0.3 is 5.11 Å². The third-order valence-corrected chi connectivity index (χ3v) is 3.75. The van der Waals surface area contributed by atoms with Crippen LogP contribution in [0, 0.1) is 5.92 Å². The van der Waals surface area contributed by atoms with Gasteiger partial charge >= 0.3 is 0 Å². The molecule has 2 rings (SSSR count). The maximum absolute atomic E-state index is 10.3. The molecule has 2 nitrogen and oxygen atoms in total. The molecule has 1 heterocycles. The van der Waals surface area contributed by atoms with Crippen molar-refractivity contribution >= 4 is 21.6 Å². The lowest BCUT2D eigenvalue weighted by molar-refractivity contribution is 0.0388. The first-order chi connectivity index (χ1) is 7.96. The number of nitrogens with zero attached hydrogens (tertiary/aromatic N) is 1. The number of aromatic nitrogens is 1. The van der Waals surface area contributed by atoms with Gasteiger partial charge in [0, 0.05) is 6.42 Å². The highest BCUT2D eigenvalue weighted by atomic mass is 32.1. The van der Waals surface area contributed by atoms with Crippen molar-refractivity contribution in [2.75, 3.05) is 0 Å². The molecular weight excluding hydrogens is 230 g/mol. The Kier molecular flexibility index (Phi) is 3.50. The summed E-state index contributed by atoms with van der Waals surface area (Å²) in [5, 5.41) is 11.4. The van der Waals surface area contributed by atoms with E-state index in [2.05, 4.69) is 24.9 Å². The first-order valence-corrected chi connectivity index (χ1v) is 6.85. The van der Waals surface area contributed by atoms with E-state index in [0.29, 0.717) is 12.3 Å². The van der Waals surface area contributed by atoms with Crippen LogP contribution in [0.1, 0.15) is 32.2 Å². The van der Waals surface area contributed by atoms with Crippen molar-refractivity contribution in [3.63, 3.8) is 0 Å². The van der Waals surface area contributed by atoms with Crippen molar-refractivity contribution in [2.45, 2.75) is 39.2 Å². The van der Waals surface area contributed by atoms with Crippen LogP contribution in [0.5, 0.6) is 0 Å². The molecule has 0 aliphatic carbocycles. The SMILES string of the molecule is CC(C)CC(C)(O)Cc1nc2ccccc2s1. The minimum atomic E-state index is -0.651. The molecule has 0 radical (unpaired) electrons. The smallest absolute Gasteiger partial charge is 0.0967 e. The van der Waals surface area contributed by atoms with Crippen LogP contribution < -0.4 is 0 Å². The molecule has 1 unspecified atom stereocenters. The van der Waals surface area contributed by atoms with E-state index >= 15 is 0 Å². The number of thiazole rings is 1. The summed E-state index contributed by atoms with van der Waals surface area (Å²) in [6, 6.07) is 8.12. The molecule has 92 valence electrons. The molecule has 1 atom stereocenters. The Hall–Kier alpha value is -0.930. The zero-order valence-corrected chi connectivity index (χ0v) is 11.4. The Labute approximate surface area is 106 Å². The second-order valence-corrected chi connectivity index (χ2v) is 6.46. The summed E-state index contributed by atoms with van der Waals surface area (Å²) in [5.74, 6) is 0.499. The van der Waals surface area contributed by atoms with Gasteiger partial charge in [-0.3, -0.25) is 0 Å². The molecule has 0 saturated carbocycles. The third kappa shape index (κ3) is 3.27. The molecule has 1 aromatic heterocycles. The van der Waals surface area contributed by atoms with Crippen molar-refractivity contribution in [1.29, 1.82) is 0 Å². The number of hydrogen-bond acceptors (Lipinski definition) is 3. The van der Waals surface area contributed by atoms with Gasteiger partial charge in [0.25, 0.3) is 0 Å². The van der Waals surface area contributed by atoms with Gasteiger partial charge in [-0.15, -0.1) is 11.3 Å². The maximum atomic E-state index is 10.3. The average Bonchev–Trinajstić information content (AvgIpc) is 2.55. The van der Waals surface area contributed by atoms with Gasteiger partial charge in [-0.05, 0) is 31.4 Å². The molecule has 1 N–H and O–H groups in total. The van der Waals surface area contributed by atoms with Crippen molar-refractivity contribution in [2.24, 2.45) is 5.92 Å². The van der Waals surface area contributed by atoms with Crippen molar-refractivity contribution in [1.82, 2.24) is 4.98 Å². The van der Waals surface area contributed by atoms with Gasteiger partial charge in [0.1, 0.15) is 0 Å². The standard InChI is InChI=1S/C14H19NOS/c1-10(2)8-14(3,16)9-13-15-11-6-4-5-7-12(11)17-13/h4-7,10,16H,8-9H2,1-3H3. The van der Waals surface area contributed by atoms with E-state index < -0.39 is 5.60 Å². The average molecular weight is 249 g/mol. The molecular formula is C14H19NOS. The topological polar surface area (TPSA) is 33.1 Å². The fourth-order valence-corrected chi connectivity index (χ4v) is 3.42. The number of fused-ring (bicyclic) bond motifs is 1. The number of benzene rings is 1. The first-order valence-electron chi connectivity index (χ1n) is 6.03. The molecule has 0 bridgehead atoms. The van der Waals surface area contributed by atoms with E-state index in [4.69, 9.17) is 0 Å². The summed E-state index contributed by atoms with van der Waals surface area (Å²) in [5.41, 5.74) is 0.384. The summed E-state index contributed by atoms with van der Waals surface area (Å²) in [4.78, 5) is 4.56.